The summed E-state index contributed by atoms with van der Waals surface area (Å²) < 4.78 is 46.6. The van der Waals surface area contributed by atoms with Crippen LogP contribution in [0.3, 0.4) is 0 Å². The van der Waals surface area contributed by atoms with Crippen LogP contribution in [0, 0.1) is 6.92 Å². The van der Waals surface area contributed by atoms with E-state index in [0.29, 0.717) is 17.0 Å². The first-order valence-electron chi connectivity index (χ1n) is 8.93. The van der Waals surface area contributed by atoms with E-state index < -0.39 is 24.3 Å². The number of ether oxygens (including phenoxy) is 1. The summed E-state index contributed by atoms with van der Waals surface area (Å²) in [6.07, 6.45) is -4.71. The quantitative estimate of drug-likeness (QED) is 0.547. The lowest BCUT2D eigenvalue weighted by molar-refractivity contribution is -0.142. The zero-order chi connectivity index (χ0) is 22.1. The highest BCUT2D eigenvalue weighted by Crippen LogP contribution is 2.36. The zero-order valence-corrected chi connectivity index (χ0v) is 17.3. The molecule has 5 nitrogen and oxygen atoms in total. The second-order valence-corrected chi connectivity index (χ2v) is 7.05. The molecule has 0 spiro atoms. The van der Waals surface area contributed by atoms with Gasteiger partial charge in [0.2, 0.25) is 0 Å². The summed E-state index contributed by atoms with van der Waals surface area (Å²) in [5.74, 6) is 0.0880. The summed E-state index contributed by atoms with van der Waals surface area (Å²) in [7, 11) is 2.82. The van der Waals surface area contributed by atoms with Gasteiger partial charge in [-0.2, -0.15) is 18.3 Å². The highest BCUT2D eigenvalue weighted by atomic mass is 35.5. The Hall–Kier alpha value is -3.00. The third kappa shape index (κ3) is 4.43. The average Bonchev–Trinajstić information content (AvgIpc) is 3.01. The molecule has 0 atom stereocenters. The molecule has 0 bridgehead atoms. The van der Waals surface area contributed by atoms with Crippen LogP contribution in [-0.4, -0.2) is 22.8 Å². The molecule has 3 aromatic rings. The van der Waals surface area contributed by atoms with Crippen molar-refractivity contribution in [2.45, 2.75) is 19.6 Å². The molecular formula is C21H19ClF3N3O2. The molecule has 3 rings (SSSR count). The first-order valence-corrected chi connectivity index (χ1v) is 9.30. The lowest BCUT2D eigenvalue weighted by Crippen LogP contribution is -2.31. The van der Waals surface area contributed by atoms with Gasteiger partial charge in [0, 0.05) is 23.9 Å². The van der Waals surface area contributed by atoms with Gasteiger partial charge in [-0.3, -0.25) is 9.48 Å². The van der Waals surface area contributed by atoms with Crippen molar-refractivity contribution < 1.29 is 22.7 Å². The minimum absolute atomic E-state index is 0.183. The number of aromatic nitrogens is 2. The normalized spacial score (nSPS) is 11.4. The molecule has 0 N–H and O–H groups in total. The molecule has 0 saturated heterocycles. The van der Waals surface area contributed by atoms with E-state index in [4.69, 9.17) is 16.3 Å². The Kier molecular flexibility index (Phi) is 6.07. The Balaban J connectivity index is 2.08. The van der Waals surface area contributed by atoms with Crippen molar-refractivity contribution in [2.75, 3.05) is 12.0 Å². The molecule has 158 valence electrons. The SMILES string of the molecule is COc1ccc(N(Cc2c(C(F)(F)F)nn(C)c2Cl)C(=O)c2ccc(C)cc2)cc1. The summed E-state index contributed by atoms with van der Waals surface area (Å²) in [5.41, 5.74) is 0.296. The number of carbonyl (C=O) groups is 1. The van der Waals surface area contributed by atoms with Crippen LogP contribution in [0.5, 0.6) is 5.75 Å². The van der Waals surface area contributed by atoms with Crippen molar-refractivity contribution in [3.05, 3.63) is 76.1 Å². The fourth-order valence-corrected chi connectivity index (χ4v) is 3.15. The van der Waals surface area contributed by atoms with Gasteiger partial charge in [-0.05, 0) is 43.3 Å². The fourth-order valence-electron chi connectivity index (χ4n) is 2.97. The molecule has 1 heterocycles. The van der Waals surface area contributed by atoms with Crippen molar-refractivity contribution in [1.82, 2.24) is 9.78 Å². The summed E-state index contributed by atoms with van der Waals surface area (Å²) in [5, 5.41) is 3.32. The number of halogens is 4. The Bertz CT molecular complexity index is 1050. The van der Waals surface area contributed by atoms with E-state index in [9.17, 15) is 18.0 Å². The molecule has 0 unspecified atom stereocenters. The molecule has 1 aromatic heterocycles. The topological polar surface area (TPSA) is 47.4 Å². The number of methoxy groups -OCH3 is 1. The van der Waals surface area contributed by atoms with Crippen LogP contribution in [0.4, 0.5) is 18.9 Å². The van der Waals surface area contributed by atoms with Gasteiger partial charge >= 0.3 is 6.18 Å². The number of aryl methyl sites for hydroxylation is 2. The monoisotopic (exact) mass is 437 g/mol. The second-order valence-electron chi connectivity index (χ2n) is 6.69. The molecule has 1 amide bonds. The van der Waals surface area contributed by atoms with Crippen LogP contribution in [0.25, 0.3) is 0 Å². The van der Waals surface area contributed by atoms with Crippen LogP contribution >= 0.6 is 11.6 Å². The number of amides is 1. The maximum Gasteiger partial charge on any atom is 0.435 e. The van der Waals surface area contributed by atoms with E-state index in [2.05, 4.69) is 5.10 Å². The summed E-state index contributed by atoms with van der Waals surface area (Å²) >= 11 is 6.11. The number of rotatable bonds is 5. The fraction of sp³-hybridized carbons (Fsp3) is 0.238. The molecule has 0 fully saturated rings. The number of benzene rings is 2. The minimum atomic E-state index is -4.71. The van der Waals surface area contributed by atoms with Gasteiger partial charge in [0.15, 0.2) is 5.69 Å². The highest BCUT2D eigenvalue weighted by Gasteiger charge is 2.39. The van der Waals surface area contributed by atoms with E-state index in [-0.39, 0.29) is 10.7 Å². The summed E-state index contributed by atoms with van der Waals surface area (Å²) in [4.78, 5) is 14.5. The van der Waals surface area contributed by atoms with E-state index in [1.807, 2.05) is 6.92 Å². The van der Waals surface area contributed by atoms with E-state index >= 15 is 0 Å². The predicted molar refractivity (Wildman–Crippen MR) is 108 cm³/mol. The maximum absolute atomic E-state index is 13.5. The van der Waals surface area contributed by atoms with Crippen molar-refractivity contribution in [2.24, 2.45) is 7.05 Å². The predicted octanol–water partition coefficient (Wildman–Crippen LogP) is 5.26. The van der Waals surface area contributed by atoms with Gasteiger partial charge in [-0.1, -0.05) is 29.3 Å². The van der Waals surface area contributed by atoms with Crippen LogP contribution in [-0.2, 0) is 19.8 Å². The largest absolute Gasteiger partial charge is 0.497 e. The molecule has 0 aliphatic heterocycles. The third-order valence-corrected chi connectivity index (χ3v) is 5.05. The number of carbonyl (C=O) groups excluding carboxylic acids is 1. The molecule has 9 heteroatoms. The number of hydrogen-bond acceptors (Lipinski definition) is 3. The standard InChI is InChI=1S/C21H19ClF3N3O2/c1-13-4-6-14(7-5-13)20(29)28(15-8-10-16(30-3)11-9-15)12-17-18(21(23,24)25)26-27(2)19(17)22/h4-11H,12H2,1-3H3. The molecule has 2 aromatic carbocycles. The van der Waals surface area contributed by atoms with Gasteiger partial charge in [-0.15, -0.1) is 0 Å². The van der Waals surface area contributed by atoms with Gasteiger partial charge in [0.25, 0.3) is 5.91 Å². The van der Waals surface area contributed by atoms with Crippen LogP contribution in [0.2, 0.25) is 5.15 Å². The Morgan fingerprint density at radius 3 is 2.27 bits per heavy atom. The Morgan fingerprint density at radius 2 is 1.73 bits per heavy atom. The van der Waals surface area contributed by atoms with E-state index in [1.165, 1.54) is 19.1 Å². The van der Waals surface area contributed by atoms with Crippen molar-refractivity contribution in [1.29, 1.82) is 0 Å². The molecule has 0 saturated carbocycles. The first-order chi connectivity index (χ1) is 14.1. The molecular weight excluding hydrogens is 419 g/mol. The van der Waals surface area contributed by atoms with Crippen LogP contribution in [0.15, 0.2) is 48.5 Å². The average molecular weight is 438 g/mol. The van der Waals surface area contributed by atoms with Crippen LogP contribution in [0.1, 0.15) is 27.2 Å². The Labute approximate surface area is 176 Å². The maximum atomic E-state index is 13.5. The second kappa shape index (κ2) is 8.39. The van der Waals surface area contributed by atoms with Crippen molar-refractivity contribution >= 4 is 23.2 Å². The lowest BCUT2D eigenvalue weighted by atomic mass is 10.1. The molecule has 0 radical (unpaired) electrons. The first kappa shape index (κ1) is 21.7. The summed E-state index contributed by atoms with van der Waals surface area (Å²) in [6.45, 7) is 1.47. The summed E-state index contributed by atoms with van der Waals surface area (Å²) in [6, 6.07) is 13.2. The van der Waals surface area contributed by atoms with Crippen LogP contribution < -0.4 is 9.64 Å². The Morgan fingerprint density at radius 1 is 1.13 bits per heavy atom. The van der Waals surface area contributed by atoms with E-state index in [1.54, 1.807) is 48.5 Å². The molecule has 0 aliphatic rings. The van der Waals surface area contributed by atoms with Crippen molar-refractivity contribution in [3.8, 4) is 5.75 Å². The van der Waals surface area contributed by atoms with Gasteiger partial charge < -0.3 is 9.64 Å². The third-order valence-electron chi connectivity index (χ3n) is 4.58. The number of alkyl halides is 3. The van der Waals surface area contributed by atoms with Gasteiger partial charge in [0.05, 0.1) is 13.7 Å². The van der Waals surface area contributed by atoms with Gasteiger partial charge in [-0.25, -0.2) is 0 Å². The molecule has 0 aliphatic carbocycles. The van der Waals surface area contributed by atoms with Crippen molar-refractivity contribution in [3.63, 3.8) is 0 Å². The number of nitrogens with zero attached hydrogens (tertiary/aromatic N) is 3. The number of hydrogen-bond donors (Lipinski definition) is 0. The lowest BCUT2D eigenvalue weighted by Gasteiger charge is -2.24. The molecule has 30 heavy (non-hydrogen) atoms. The smallest absolute Gasteiger partial charge is 0.435 e. The van der Waals surface area contributed by atoms with E-state index in [0.717, 1.165) is 10.2 Å². The zero-order valence-electron chi connectivity index (χ0n) is 16.5. The van der Waals surface area contributed by atoms with Gasteiger partial charge in [0.1, 0.15) is 10.9 Å². The minimum Gasteiger partial charge on any atom is -0.497 e. The highest BCUT2D eigenvalue weighted by molar-refractivity contribution is 6.30. The number of anilines is 1.